The molecule has 23 heavy (non-hydrogen) atoms. The highest BCUT2D eigenvalue weighted by atomic mass is 15.3. The molecule has 0 spiro atoms. The molecule has 0 fully saturated rings. The number of nitrogens with zero attached hydrogens (tertiary/aromatic N) is 4. The van der Waals surface area contributed by atoms with Crippen molar-refractivity contribution in [3.63, 3.8) is 0 Å². The van der Waals surface area contributed by atoms with Crippen LogP contribution in [0.25, 0.3) is 28.3 Å². The van der Waals surface area contributed by atoms with Crippen LogP contribution in [-0.2, 0) is 0 Å². The molecule has 2 aromatic carbocycles. The highest BCUT2D eigenvalue weighted by Crippen LogP contribution is 2.28. The number of anilines is 1. The van der Waals surface area contributed by atoms with Crippen LogP contribution in [0.1, 0.15) is 5.56 Å². The third-order valence-corrected chi connectivity index (χ3v) is 3.87. The van der Waals surface area contributed by atoms with Crippen LogP contribution in [-0.4, -0.2) is 19.6 Å². The molecule has 0 amide bonds. The molecule has 2 heterocycles. The Hall–Kier alpha value is -3.21. The first-order valence-corrected chi connectivity index (χ1v) is 7.36. The number of nitrogens with two attached hydrogens (primary N) is 1. The van der Waals surface area contributed by atoms with Gasteiger partial charge in [0, 0.05) is 29.2 Å². The molecular formula is C18H15N5. The summed E-state index contributed by atoms with van der Waals surface area (Å²) in [5.74, 6) is 0.608. The van der Waals surface area contributed by atoms with Gasteiger partial charge in [-0.25, -0.2) is 9.50 Å². The van der Waals surface area contributed by atoms with Crippen LogP contribution in [0.5, 0.6) is 0 Å². The minimum Gasteiger partial charge on any atom is -0.398 e. The lowest BCUT2D eigenvalue weighted by molar-refractivity contribution is 0.952. The number of fused-ring (bicyclic) bond motifs is 1. The smallest absolute Gasteiger partial charge is 0.184 e. The van der Waals surface area contributed by atoms with E-state index in [4.69, 9.17) is 5.73 Å². The molecule has 0 aliphatic rings. The van der Waals surface area contributed by atoms with Gasteiger partial charge in [-0.1, -0.05) is 42.5 Å². The number of rotatable bonds is 2. The van der Waals surface area contributed by atoms with Gasteiger partial charge in [0.2, 0.25) is 0 Å². The molecule has 4 aromatic rings. The van der Waals surface area contributed by atoms with Crippen molar-refractivity contribution in [2.45, 2.75) is 6.92 Å². The molecule has 112 valence electrons. The zero-order valence-electron chi connectivity index (χ0n) is 12.6. The standard InChI is InChI=1S/C18H15N5/c1-12-6-5-9-14(15(12)19)17-21-18-16(13-7-3-2-4-8-13)20-10-11-23(18)22-17/h2-11H,19H2,1H3. The maximum atomic E-state index is 6.18. The van der Waals surface area contributed by atoms with Crippen LogP contribution in [0.2, 0.25) is 0 Å². The van der Waals surface area contributed by atoms with Crippen LogP contribution in [0.15, 0.2) is 60.9 Å². The molecule has 0 atom stereocenters. The van der Waals surface area contributed by atoms with Gasteiger partial charge >= 0.3 is 0 Å². The van der Waals surface area contributed by atoms with Crippen molar-refractivity contribution in [2.75, 3.05) is 5.73 Å². The summed E-state index contributed by atoms with van der Waals surface area (Å²) in [6.45, 7) is 1.98. The molecule has 0 saturated carbocycles. The number of aryl methyl sites for hydroxylation is 1. The van der Waals surface area contributed by atoms with E-state index in [0.717, 1.165) is 28.0 Å². The quantitative estimate of drug-likeness (QED) is 0.576. The summed E-state index contributed by atoms with van der Waals surface area (Å²) >= 11 is 0. The third kappa shape index (κ3) is 2.23. The third-order valence-electron chi connectivity index (χ3n) is 3.87. The fourth-order valence-corrected chi connectivity index (χ4v) is 2.61. The first-order valence-electron chi connectivity index (χ1n) is 7.36. The van der Waals surface area contributed by atoms with Crippen molar-refractivity contribution in [2.24, 2.45) is 0 Å². The van der Waals surface area contributed by atoms with Crippen molar-refractivity contribution in [1.82, 2.24) is 19.6 Å². The second-order valence-electron chi connectivity index (χ2n) is 5.38. The van der Waals surface area contributed by atoms with E-state index in [1.807, 2.05) is 55.5 Å². The van der Waals surface area contributed by atoms with Gasteiger partial charge in [0.05, 0.1) is 0 Å². The average molecular weight is 301 g/mol. The van der Waals surface area contributed by atoms with E-state index in [1.54, 1.807) is 16.9 Å². The van der Waals surface area contributed by atoms with E-state index in [2.05, 4.69) is 15.1 Å². The monoisotopic (exact) mass is 301 g/mol. The van der Waals surface area contributed by atoms with Gasteiger partial charge in [0.25, 0.3) is 0 Å². The second kappa shape index (κ2) is 5.21. The molecule has 0 bridgehead atoms. The Kier molecular flexibility index (Phi) is 3.05. The Balaban J connectivity index is 1.94. The van der Waals surface area contributed by atoms with Crippen LogP contribution >= 0.6 is 0 Å². The molecule has 4 rings (SSSR count). The fourth-order valence-electron chi connectivity index (χ4n) is 2.61. The molecule has 0 saturated heterocycles. The van der Waals surface area contributed by atoms with Crippen molar-refractivity contribution in [3.05, 3.63) is 66.5 Å². The highest BCUT2D eigenvalue weighted by Gasteiger charge is 2.14. The van der Waals surface area contributed by atoms with E-state index in [1.165, 1.54) is 0 Å². The van der Waals surface area contributed by atoms with Gasteiger partial charge in [-0.15, -0.1) is 5.10 Å². The summed E-state index contributed by atoms with van der Waals surface area (Å²) in [6.07, 6.45) is 3.53. The van der Waals surface area contributed by atoms with Crippen molar-refractivity contribution in [3.8, 4) is 22.6 Å². The van der Waals surface area contributed by atoms with Gasteiger partial charge in [-0.3, -0.25) is 4.98 Å². The van der Waals surface area contributed by atoms with Gasteiger partial charge in [0.1, 0.15) is 5.69 Å². The second-order valence-corrected chi connectivity index (χ2v) is 5.38. The van der Waals surface area contributed by atoms with Crippen LogP contribution in [0.3, 0.4) is 0 Å². The highest BCUT2D eigenvalue weighted by molar-refractivity contribution is 5.78. The largest absolute Gasteiger partial charge is 0.398 e. The molecule has 5 nitrogen and oxygen atoms in total. The number of aromatic nitrogens is 4. The topological polar surface area (TPSA) is 69.1 Å². The lowest BCUT2D eigenvalue weighted by atomic mass is 10.1. The van der Waals surface area contributed by atoms with Gasteiger partial charge in [0.15, 0.2) is 11.5 Å². The summed E-state index contributed by atoms with van der Waals surface area (Å²) < 4.78 is 1.74. The minimum absolute atomic E-state index is 0.608. The number of nitrogen functional groups attached to an aromatic ring is 1. The number of benzene rings is 2. The van der Waals surface area contributed by atoms with E-state index in [9.17, 15) is 0 Å². The molecule has 2 N–H and O–H groups in total. The average Bonchev–Trinajstić information content (AvgIpc) is 3.02. The number of para-hydroxylation sites is 1. The van der Waals surface area contributed by atoms with Gasteiger partial charge in [-0.2, -0.15) is 0 Å². The Morgan fingerprint density at radius 1 is 1.00 bits per heavy atom. The summed E-state index contributed by atoms with van der Waals surface area (Å²) in [7, 11) is 0. The molecule has 0 aliphatic heterocycles. The maximum Gasteiger partial charge on any atom is 0.184 e. The number of hydrogen-bond donors (Lipinski definition) is 1. The Bertz CT molecular complexity index is 989. The van der Waals surface area contributed by atoms with Crippen LogP contribution < -0.4 is 5.73 Å². The molecule has 0 radical (unpaired) electrons. The summed E-state index contributed by atoms with van der Waals surface area (Å²) in [4.78, 5) is 9.14. The van der Waals surface area contributed by atoms with Crippen LogP contribution in [0.4, 0.5) is 5.69 Å². The van der Waals surface area contributed by atoms with Crippen molar-refractivity contribution < 1.29 is 0 Å². The zero-order valence-corrected chi connectivity index (χ0v) is 12.6. The van der Waals surface area contributed by atoms with E-state index >= 15 is 0 Å². The first-order chi connectivity index (χ1) is 11.2. The summed E-state index contributed by atoms with van der Waals surface area (Å²) in [5.41, 5.74) is 11.3. The minimum atomic E-state index is 0.608. The lowest BCUT2D eigenvalue weighted by Crippen LogP contribution is -1.94. The predicted molar refractivity (Wildman–Crippen MR) is 90.8 cm³/mol. The molecular weight excluding hydrogens is 286 g/mol. The first kappa shape index (κ1) is 13.5. The maximum absolute atomic E-state index is 6.18. The Labute approximate surface area is 133 Å². The van der Waals surface area contributed by atoms with Gasteiger partial charge in [-0.05, 0) is 18.6 Å². The Morgan fingerprint density at radius 3 is 2.65 bits per heavy atom. The number of hydrogen-bond acceptors (Lipinski definition) is 4. The van der Waals surface area contributed by atoms with Crippen LogP contribution in [0, 0.1) is 6.92 Å². The van der Waals surface area contributed by atoms with E-state index in [-0.39, 0.29) is 0 Å². The van der Waals surface area contributed by atoms with Crippen molar-refractivity contribution in [1.29, 1.82) is 0 Å². The lowest BCUT2D eigenvalue weighted by Gasteiger charge is -2.03. The summed E-state index contributed by atoms with van der Waals surface area (Å²) in [6, 6.07) is 15.8. The fraction of sp³-hybridized carbons (Fsp3) is 0.0556. The molecule has 0 unspecified atom stereocenters. The molecule has 5 heteroatoms. The van der Waals surface area contributed by atoms with E-state index < -0.39 is 0 Å². The Morgan fingerprint density at radius 2 is 1.83 bits per heavy atom. The zero-order chi connectivity index (χ0) is 15.8. The van der Waals surface area contributed by atoms with E-state index in [0.29, 0.717) is 11.5 Å². The van der Waals surface area contributed by atoms with Crippen molar-refractivity contribution >= 4 is 11.3 Å². The molecule has 2 aromatic heterocycles. The summed E-state index contributed by atoms with van der Waals surface area (Å²) in [5, 5.41) is 4.56. The molecule has 0 aliphatic carbocycles. The van der Waals surface area contributed by atoms with Gasteiger partial charge < -0.3 is 5.73 Å². The normalized spacial score (nSPS) is 11.0. The predicted octanol–water partition coefficient (Wildman–Crippen LogP) is 3.35. The SMILES string of the molecule is Cc1cccc(-c2nc3c(-c4ccccc4)nccn3n2)c1N.